The summed E-state index contributed by atoms with van der Waals surface area (Å²) >= 11 is 3.54. The summed E-state index contributed by atoms with van der Waals surface area (Å²) < 4.78 is 1.05. The molecule has 0 fully saturated rings. The second-order valence-electron chi connectivity index (χ2n) is 6.41. The third-order valence-electron chi connectivity index (χ3n) is 4.54. The largest absolute Gasteiger partial charge is 0.348 e. The molecule has 0 atom stereocenters. The van der Waals surface area contributed by atoms with Crippen molar-refractivity contribution in [3.63, 3.8) is 0 Å². The van der Waals surface area contributed by atoms with Crippen LogP contribution in [0.3, 0.4) is 0 Å². The predicted octanol–water partition coefficient (Wildman–Crippen LogP) is 4.15. The van der Waals surface area contributed by atoms with Gasteiger partial charge in [0.25, 0.3) is 5.91 Å². The number of fused-ring (bicyclic) bond motifs is 1. The van der Waals surface area contributed by atoms with Crippen LogP contribution < -0.4 is 10.2 Å². The van der Waals surface area contributed by atoms with Gasteiger partial charge in [-0.3, -0.25) is 9.59 Å². The molecule has 5 heteroatoms. The quantitative estimate of drug-likeness (QED) is 0.766. The number of hydrogen-bond donors (Lipinski definition) is 1. The molecule has 26 heavy (non-hydrogen) atoms. The Hall–Kier alpha value is -2.40. The van der Waals surface area contributed by atoms with Gasteiger partial charge >= 0.3 is 0 Å². The van der Waals surface area contributed by atoms with Crippen LogP contribution in [-0.4, -0.2) is 18.4 Å². The maximum atomic E-state index is 13.1. The minimum absolute atomic E-state index is 0.0121. The van der Waals surface area contributed by atoms with E-state index in [1.54, 1.807) is 0 Å². The molecule has 0 saturated carbocycles. The van der Waals surface area contributed by atoms with Crippen LogP contribution in [0, 0.1) is 6.92 Å². The lowest BCUT2D eigenvalue weighted by atomic mass is 9.97. The average molecular weight is 413 g/mol. The molecule has 0 spiro atoms. The Morgan fingerprint density at radius 1 is 1.27 bits per heavy atom. The zero-order chi connectivity index (χ0) is 18.7. The second-order valence-corrected chi connectivity index (χ2v) is 7.33. The monoisotopic (exact) mass is 412 g/mol. The number of carbonyl (C=O) groups is 2. The summed E-state index contributed by atoms with van der Waals surface area (Å²) in [4.78, 5) is 26.2. The number of nitrogens with zero attached hydrogens (tertiary/aromatic N) is 1. The zero-order valence-electron chi connectivity index (χ0n) is 14.7. The highest BCUT2D eigenvalue weighted by atomic mass is 79.9. The van der Waals surface area contributed by atoms with Crippen molar-refractivity contribution in [1.29, 1.82) is 0 Å². The molecule has 134 valence electrons. The van der Waals surface area contributed by atoms with E-state index >= 15 is 0 Å². The number of carbonyl (C=O) groups excluding carboxylic acids is 2. The molecule has 0 bridgehead atoms. The summed E-state index contributed by atoms with van der Waals surface area (Å²) in [7, 11) is 0. The summed E-state index contributed by atoms with van der Waals surface area (Å²) in [5.41, 5.74) is 4.94. The summed E-state index contributed by atoms with van der Waals surface area (Å²) in [6.07, 6.45) is 3.19. The van der Waals surface area contributed by atoms with Crippen LogP contribution in [0.25, 0.3) is 0 Å². The molecule has 4 nitrogen and oxygen atoms in total. The first-order valence-corrected chi connectivity index (χ1v) is 9.39. The van der Waals surface area contributed by atoms with Crippen LogP contribution in [0.4, 0.5) is 5.69 Å². The molecule has 3 rings (SSSR count). The maximum Gasteiger partial charge on any atom is 0.258 e. The lowest BCUT2D eigenvalue weighted by Gasteiger charge is -2.31. The first-order valence-electron chi connectivity index (χ1n) is 8.59. The molecule has 0 radical (unpaired) electrons. The summed E-state index contributed by atoms with van der Waals surface area (Å²) in [6.45, 7) is 6.61. The van der Waals surface area contributed by atoms with Crippen molar-refractivity contribution in [2.45, 2.75) is 26.3 Å². The van der Waals surface area contributed by atoms with Crippen LogP contribution in [-0.2, 0) is 17.8 Å². The van der Waals surface area contributed by atoms with Crippen LogP contribution in [0.1, 0.15) is 33.5 Å². The van der Waals surface area contributed by atoms with Gasteiger partial charge in [-0.2, -0.15) is 0 Å². The van der Waals surface area contributed by atoms with E-state index in [1.807, 2.05) is 36.1 Å². The van der Waals surface area contributed by atoms with Crippen molar-refractivity contribution < 1.29 is 9.59 Å². The summed E-state index contributed by atoms with van der Waals surface area (Å²) in [6, 6.07) is 11.5. The first-order chi connectivity index (χ1) is 12.5. The summed E-state index contributed by atoms with van der Waals surface area (Å²) in [5, 5.41) is 2.73. The second kappa shape index (κ2) is 7.87. The number of nitrogens with one attached hydrogen (secondary N) is 1. The van der Waals surface area contributed by atoms with Gasteiger partial charge in [-0.15, -0.1) is 0 Å². The van der Waals surface area contributed by atoms with E-state index in [2.05, 4.69) is 40.0 Å². The van der Waals surface area contributed by atoms with Crippen LogP contribution in [0.5, 0.6) is 0 Å². The lowest BCUT2D eigenvalue weighted by Crippen LogP contribution is -2.36. The van der Waals surface area contributed by atoms with Crippen molar-refractivity contribution in [1.82, 2.24) is 5.32 Å². The highest BCUT2D eigenvalue weighted by Crippen LogP contribution is 2.34. The number of anilines is 1. The molecule has 1 heterocycles. The number of halogens is 1. The molecule has 0 aliphatic carbocycles. The van der Waals surface area contributed by atoms with Gasteiger partial charge in [0, 0.05) is 23.1 Å². The third kappa shape index (κ3) is 3.88. The Kier molecular flexibility index (Phi) is 5.57. The van der Waals surface area contributed by atoms with E-state index in [1.165, 1.54) is 11.6 Å². The molecular formula is C21H21BrN2O2. The van der Waals surface area contributed by atoms with E-state index < -0.39 is 0 Å². The van der Waals surface area contributed by atoms with Crippen molar-refractivity contribution in [3.8, 4) is 0 Å². The van der Waals surface area contributed by atoms with E-state index in [9.17, 15) is 9.59 Å². The molecule has 1 N–H and O–H groups in total. The smallest absolute Gasteiger partial charge is 0.258 e. The Bertz CT molecular complexity index is 859. The van der Waals surface area contributed by atoms with E-state index in [0.29, 0.717) is 12.1 Å². The highest BCUT2D eigenvalue weighted by Gasteiger charge is 2.25. The number of amides is 2. The molecule has 0 saturated heterocycles. The van der Waals surface area contributed by atoms with Gasteiger partial charge in [0.05, 0.1) is 5.69 Å². The van der Waals surface area contributed by atoms with Gasteiger partial charge in [-0.1, -0.05) is 34.6 Å². The highest BCUT2D eigenvalue weighted by molar-refractivity contribution is 9.10. The SMILES string of the molecule is C=CC(=O)NCc1ccc(C(=O)N2CCCc3cc(Br)cc(C)c32)cc1. The topological polar surface area (TPSA) is 49.4 Å². The molecular weight excluding hydrogens is 392 g/mol. The number of rotatable bonds is 4. The molecule has 0 unspecified atom stereocenters. The van der Waals surface area contributed by atoms with E-state index in [-0.39, 0.29) is 11.8 Å². The fourth-order valence-electron chi connectivity index (χ4n) is 3.31. The fourth-order valence-corrected chi connectivity index (χ4v) is 3.93. The average Bonchev–Trinajstić information content (AvgIpc) is 2.65. The Balaban J connectivity index is 1.80. The van der Waals surface area contributed by atoms with Gasteiger partial charge in [-0.05, 0) is 66.8 Å². The normalized spacial score (nSPS) is 13.1. The lowest BCUT2D eigenvalue weighted by molar-refractivity contribution is -0.116. The van der Waals surface area contributed by atoms with Crippen molar-refractivity contribution in [3.05, 3.63) is 75.8 Å². The molecule has 2 amide bonds. The Labute approximate surface area is 162 Å². The number of benzene rings is 2. The van der Waals surface area contributed by atoms with Crippen LogP contribution in [0.15, 0.2) is 53.5 Å². The molecule has 0 aromatic heterocycles. The third-order valence-corrected chi connectivity index (χ3v) is 5.00. The van der Waals surface area contributed by atoms with Crippen molar-refractivity contribution >= 4 is 33.4 Å². The summed E-state index contributed by atoms with van der Waals surface area (Å²) in [5.74, 6) is -0.199. The first kappa shape index (κ1) is 18.4. The van der Waals surface area contributed by atoms with Gasteiger partial charge in [0.15, 0.2) is 0 Å². The Morgan fingerprint density at radius 2 is 2.00 bits per heavy atom. The number of hydrogen-bond acceptors (Lipinski definition) is 2. The van der Waals surface area contributed by atoms with Crippen LogP contribution in [0.2, 0.25) is 0 Å². The number of aryl methyl sites for hydroxylation is 2. The van der Waals surface area contributed by atoms with Crippen LogP contribution >= 0.6 is 15.9 Å². The van der Waals surface area contributed by atoms with Gasteiger partial charge in [-0.25, -0.2) is 0 Å². The van der Waals surface area contributed by atoms with E-state index in [0.717, 1.165) is 40.7 Å². The standard InChI is InChI=1S/C21H21BrN2O2/c1-3-19(25)23-13-15-6-8-16(9-7-15)21(26)24-10-4-5-17-12-18(22)11-14(2)20(17)24/h3,6-9,11-12H,1,4-5,10,13H2,2H3,(H,23,25). The molecule has 1 aliphatic heterocycles. The van der Waals surface area contributed by atoms with Gasteiger partial charge in [0.1, 0.15) is 0 Å². The fraction of sp³-hybridized carbons (Fsp3) is 0.238. The van der Waals surface area contributed by atoms with Gasteiger partial charge in [0.2, 0.25) is 5.91 Å². The van der Waals surface area contributed by atoms with Gasteiger partial charge < -0.3 is 10.2 Å². The molecule has 2 aromatic carbocycles. The minimum Gasteiger partial charge on any atom is -0.348 e. The molecule has 1 aliphatic rings. The van der Waals surface area contributed by atoms with Crippen molar-refractivity contribution in [2.24, 2.45) is 0 Å². The van der Waals surface area contributed by atoms with Crippen molar-refractivity contribution in [2.75, 3.05) is 11.4 Å². The predicted molar refractivity (Wildman–Crippen MR) is 107 cm³/mol. The Morgan fingerprint density at radius 3 is 2.69 bits per heavy atom. The molecule has 2 aromatic rings. The zero-order valence-corrected chi connectivity index (χ0v) is 16.3. The van der Waals surface area contributed by atoms with E-state index in [4.69, 9.17) is 0 Å². The minimum atomic E-state index is -0.211. The maximum absolute atomic E-state index is 13.1.